The topological polar surface area (TPSA) is 63.2 Å². The molecule has 0 saturated heterocycles. The van der Waals surface area contributed by atoms with Gasteiger partial charge in [0.1, 0.15) is 6.07 Å². The number of hydrogen-bond acceptors (Lipinski definition) is 4. The number of nitrogens with zero attached hydrogens (tertiary/aromatic N) is 4. The van der Waals surface area contributed by atoms with Gasteiger partial charge in [0, 0.05) is 19.7 Å². The van der Waals surface area contributed by atoms with E-state index in [1.807, 2.05) is 0 Å². The second-order valence-electron chi connectivity index (χ2n) is 3.07. The molecule has 76 valence electrons. The molecule has 0 atom stereocenters. The van der Waals surface area contributed by atoms with Crippen molar-refractivity contribution in [3.05, 3.63) is 29.7 Å². The Balaban J connectivity index is 2.42. The quantitative estimate of drug-likeness (QED) is 0.738. The van der Waals surface area contributed by atoms with E-state index < -0.39 is 0 Å². The van der Waals surface area contributed by atoms with Gasteiger partial charge in [0.2, 0.25) is 0 Å². The first kappa shape index (κ1) is 9.62. The predicted molar refractivity (Wildman–Crippen MR) is 53.3 cm³/mol. The first-order valence-electron chi connectivity index (χ1n) is 4.58. The molecule has 0 amide bonds. The summed E-state index contributed by atoms with van der Waals surface area (Å²) in [5.74, 6) is 0.694. The summed E-state index contributed by atoms with van der Waals surface area (Å²) in [6, 6.07) is 5.59. The van der Waals surface area contributed by atoms with Crippen molar-refractivity contribution in [3.8, 4) is 6.07 Å². The first-order chi connectivity index (χ1) is 7.35. The lowest BCUT2D eigenvalue weighted by atomic mass is 10.3. The van der Waals surface area contributed by atoms with Crippen LogP contribution in [-0.4, -0.2) is 28.3 Å². The van der Waals surface area contributed by atoms with Gasteiger partial charge in [-0.15, -0.1) is 0 Å². The molecule has 5 nitrogen and oxygen atoms in total. The van der Waals surface area contributed by atoms with Crippen molar-refractivity contribution < 1.29 is 4.74 Å². The highest BCUT2D eigenvalue weighted by Gasteiger charge is 2.06. The third kappa shape index (κ3) is 1.80. The standard InChI is InChI=1S/C10H10N4O/c1-15-6-4-9-12-10-8(7-11)3-2-5-14(10)13-9/h2-3,5H,4,6H2,1H3. The first-order valence-corrected chi connectivity index (χ1v) is 4.58. The molecule has 5 heteroatoms. The zero-order valence-electron chi connectivity index (χ0n) is 8.34. The molecule has 0 saturated carbocycles. The molecule has 0 fully saturated rings. The largest absolute Gasteiger partial charge is 0.384 e. The van der Waals surface area contributed by atoms with E-state index in [1.54, 1.807) is 30.0 Å². The Kier molecular flexibility index (Phi) is 2.61. The summed E-state index contributed by atoms with van der Waals surface area (Å²) in [7, 11) is 1.64. The molecule has 0 spiro atoms. The average molecular weight is 202 g/mol. The maximum absolute atomic E-state index is 8.87. The minimum absolute atomic E-state index is 0.536. The Morgan fingerprint density at radius 3 is 3.20 bits per heavy atom. The molecular formula is C10H10N4O. The van der Waals surface area contributed by atoms with E-state index in [-0.39, 0.29) is 0 Å². The van der Waals surface area contributed by atoms with E-state index in [9.17, 15) is 0 Å². The van der Waals surface area contributed by atoms with Crippen molar-refractivity contribution >= 4 is 5.65 Å². The second kappa shape index (κ2) is 4.07. The maximum atomic E-state index is 8.87. The van der Waals surface area contributed by atoms with Crippen LogP contribution in [0.25, 0.3) is 5.65 Å². The minimum Gasteiger partial charge on any atom is -0.384 e. The van der Waals surface area contributed by atoms with Crippen LogP contribution in [0.15, 0.2) is 18.3 Å². The van der Waals surface area contributed by atoms with Crippen LogP contribution in [-0.2, 0) is 11.2 Å². The zero-order valence-corrected chi connectivity index (χ0v) is 8.34. The van der Waals surface area contributed by atoms with Crippen LogP contribution < -0.4 is 0 Å². The summed E-state index contributed by atoms with van der Waals surface area (Å²) in [6.07, 6.45) is 2.43. The van der Waals surface area contributed by atoms with Crippen LogP contribution in [0, 0.1) is 11.3 Å². The molecule has 0 N–H and O–H groups in total. The smallest absolute Gasteiger partial charge is 0.173 e. The molecule has 0 bridgehead atoms. The maximum Gasteiger partial charge on any atom is 0.173 e. The van der Waals surface area contributed by atoms with Gasteiger partial charge in [0.05, 0.1) is 12.2 Å². The predicted octanol–water partition coefficient (Wildman–Crippen LogP) is 0.790. The van der Waals surface area contributed by atoms with Gasteiger partial charge in [0.25, 0.3) is 0 Å². The van der Waals surface area contributed by atoms with Gasteiger partial charge >= 0.3 is 0 Å². The van der Waals surface area contributed by atoms with Crippen molar-refractivity contribution in [2.24, 2.45) is 0 Å². The molecule has 0 aliphatic rings. The molecule has 0 aliphatic carbocycles. The minimum atomic E-state index is 0.536. The summed E-state index contributed by atoms with van der Waals surface area (Å²) >= 11 is 0. The van der Waals surface area contributed by atoms with E-state index >= 15 is 0 Å². The van der Waals surface area contributed by atoms with E-state index in [0.29, 0.717) is 30.1 Å². The number of aromatic nitrogens is 3. The highest BCUT2D eigenvalue weighted by molar-refractivity contribution is 5.54. The Hall–Kier alpha value is -1.93. The summed E-state index contributed by atoms with van der Waals surface area (Å²) < 4.78 is 6.56. The molecule has 15 heavy (non-hydrogen) atoms. The van der Waals surface area contributed by atoms with Gasteiger partial charge in [0.15, 0.2) is 11.5 Å². The average Bonchev–Trinajstić information content (AvgIpc) is 2.68. The second-order valence-corrected chi connectivity index (χ2v) is 3.07. The molecule has 2 aromatic heterocycles. The number of methoxy groups -OCH3 is 1. The number of rotatable bonds is 3. The lowest BCUT2D eigenvalue weighted by molar-refractivity contribution is 0.200. The fourth-order valence-corrected chi connectivity index (χ4v) is 1.34. The van der Waals surface area contributed by atoms with Crippen LogP contribution in [0.5, 0.6) is 0 Å². The van der Waals surface area contributed by atoms with Crippen molar-refractivity contribution in [2.45, 2.75) is 6.42 Å². The molecule has 0 aliphatic heterocycles. The molecule has 0 radical (unpaired) electrons. The van der Waals surface area contributed by atoms with Gasteiger partial charge < -0.3 is 4.74 Å². The molecule has 0 aromatic carbocycles. The van der Waals surface area contributed by atoms with Crippen molar-refractivity contribution in [3.63, 3.8) is 0 Å². The van der Waals surface area contributed by atoms with Crippen molar-refractivity contribution in [1.82, 2.24) is 14.6 Å². The third-order valence-corrected chi connectivity index (χ3v) is 2.06. The highest BCUT2D eigenvalue weighted by atomic mass is 16.5. The summed E-state index contributed by atoms with van der Waals surface area (Å²) in [6.45, 7) is 0.582. The molecule has 0 unspecified atom stereocenters. The van der Waals surface area contributed by atoms with Gasteiger partial charge in [-0.3, -0.25) is 0 Å². The van der Waals surface area contributed by atoms with Crippen molar-refractivity contribution in [1.29, 1.82) is 5.26 Å². The van der Waals surface area contributed by atoms with Gasteiger partial charge in [-0.05, 0) is 12.1 Å². The fourth-order valence-electron chi connectivity index (χ4n) is 1.34. The number of fused-ring (bicyclic) bond motifs is 1. The van der Waals surface area contributed by atoms with Crippen LogP contribution in [0.2, 0.25) is 0 Å². The number of hydrogen-bond donors (Lipinski definition) is 0. The van der Waals surface area contributed by atoms with Crippen LogP contribution in [0.4, 0.5) is 0 Å². The van der Waals surface area contributed by atoms with Gasteiger partial charge in [-0.1, -0.05) is 0 Å². The van der Waals surface area contributed by atoms with E-state index in [2.05, 4.69) is 16.2 Å². The third-order valence-electron chi connectivity index (χ3n) is 2.06. The SMILES string of the molecule is COCCc1nc2c(C#N)cccn2n1. The monoisotopic (exact) mass is 202 g/mol. The summed E-state index contributed by atoms with van der Waals surface area (Å²) in [5.41, 5.74) is 1.14. The van der Waals surface area contributed by atoms with E-state index in [4.69, 9.17) is 10.00 Å². The van der Waals surface area contributed by atoms with E-state index in [1.165, 1.54) is 0 Å². The summed E-state index contributed by atoms with van der Waals surface area (Å²) in [4.78, 5) is 4.27. The zero-order chi connectivity index (χ0) is 10.7. The summed E-state index contributed by atoms with van der Waals surface area (Å²) in [5, 5.41) is 13.1. The lowest BCUT2D eigenvalue weighted by Crippen LogP contribution is -1.96. The molecule has 2 rings (SSSR count). The van der Waals surface area contributed by atoms with Gasteiger partial charge in [-0.25, -0.2) is 9.50 Å². The Morgan fingerprint density at radius 1 is 1.60 bits per heavy atom. The number of pyridine rings is 1. The Morgan fingerprint density at radius 2 is 2.47 bits per heavy atom. The molecule has 2 heterocycles. The highest BCUT2D eigenvalue weighted by Crippen LogP contribution is 2.07. The normalized spacial score (nSPS) is 10.4. The molecular weight excluding hydrogens is 192 g/mol. The van der Waals surface area contributed by atoms with Crippen molar-refractivity contribution in [2.75, 3.05) is 13.7 Å². The van der Waals surface area contributed by atoms with E-state index in [0.717, 1.165) is 0 Å². The number of ether oxygens (including phenoxy) is 1. The van der Waals surface area contributed by atoms with Crippen LogP contribution >= 0.6 is 0 Å². The van der Waals surface area contributed by atoms with Crippen LogP contribution in [0.3, 0.4) is 0 Å². The number of nitriles is 1. The Bertz CT molecular complexity index is 512. The lowest BCUT2D eigenvalue weighted by Gasteiger charge is -1.90. The van der Waals surface area contributed by atoms with Crippen LogP contribution in [0.1, 0.15) is 11.4 Å². The Labute approximate surface area is 86.9 Å². The van der Waals surface area contributed by atoms with Gasteiger partial charge in [-0.2, -0.15) is 10.4 Å². The fraction of sp³-hybridized carbons (Fsp3) is 0.300. The molecule has 2 aromatic rings.